The predicted molar refractivity (Wildman–Crippen MR) is 424 cm³/mol. The van der Waals surface area contributed by atoms with Gasteiger partial charge in [-0.1, -0.05) is 300 Å². The maximum Gasteiger partial charge on any atom is 0.0541 e. The fourth-order valence-electron chi connectivity index (χ4n) is 17.9. The van der Waals surface area contributed by atoms with Crippen LogP contribution in [0.5, 0.6) is 0 Å². The summed E-state index contributed by atoms with van der Waals surface area (Å²) in [5, 5.41) is 2.48. The molecule has 0 N–H and O–H groups in total. The zero-order valence-electron chi connectivity index (χ0n) is 59.5. The lowest BCUT2D eigenvalue weighted by Crippen LogP contribution is -2.25. The van der Waals surface area contributed by atoms with Crippen molar-refractivity contribution in [1.82, 2.24) is 4.57 Å². The quantitative estimate of drug-likeness (QED) is 0.0614. The summed E-state index contributed by atoms with van der Waals surface area (Å²) in [4.78, 5) is 2.52. The van der Waals surface area contributed by atoms with Gasteiger partial charge >= 0.3 is 0 Å². The van der Waals surface area contributed by atoms with Crippen LogP contribution in [0.1, 0.15) is 176 Å². The van der Waals surface area contributed by atoms with Gasteiger partial charge in [0.05, 0.1) is 11.0 Å². The van der Waals surface area contributed by atoms with E-state index in [9.17, 15) is 0 Å². The largest absolute Gasteiger partial charge is 0.310 e. The first-order valence-corrected chi connectivity index (χ1v) is 37.3. The molecular weight excluding hydrogens is 1190 g/mol. The van der Waals surface area contributed by atoms with Gasteiger partial charge in [-0.15, -0.1) is 0 Å². The summed E-state index contributed by atoms with van der Waals surface area (Å²) in [7, 11) is 0. The highest BCUT2D eigenvalue weighted by Gasteiger charge is 2.43. The first-order valence-electron chi connectivity index (χ1n) is 37.3. The first kappa shape index (κ1) is 63.9. The molecule has 0 saturated carbocycles. The van der Waals surface area contributed by atoms with E-state index in [1.54, 1.807) is 11.1 Å². The monoisotopic (exact) mass is 1290 g/mol. The number of hydrogen-bond acceptors (Lipinski definition) is 1. The van der Waals surface area contributed by atoms with E-state index in [1.165, 1.54) is 223 Å². The summed E-state index contributed by atoms with van der Waals surface area (Å²) in [5.41, 5.74) is 36.1. The van der Waals surface area contributed by atoms with E-state index in [-0.39, 0.29) is 16.2 Å². The lowest BCUT2D eigenvalue weighted by molar-refractivity contribution is 0.398. The topological polar surface area (TPSA) is 8.17 Å². The summed E-state index contributed by atoms with van der Waals surface area (Å²) >= 11 is 0. The van der Waals surface area contributed by atoms with Crippen molar-refractivity contribution in [2.75, 3.05) is 4.90 Å². The number of fused-ring (bicyclic) bond motifs is 12. The molecule has 1 heterocycles. The molecule has 99 heavy (non-hydrogen) atoms. The van der Waals surface area contributed by atoms with E-state index in [0.29, 0.717) is 0 Å². The number of unbranched alkanes of at least 4 members (excludes halogenated alkanes) is 10. The summed E-state index contributed by atoms with van der Waals surface area (Å²) in [6, 6.07) is 98.0. The predicted octanol–water partition coefficient (Wildman–Crippen LogP) is 27.9. The molecule has 2 nitrogen and oxygen atoms in total. The highest BCUT2D eigenvalue weighted by Crippen LogP contribution is 2.58. The zero-order valence-corrected chi connectivity index (χ0v) is 59.5. The second-order valence-electron chi connectivity index (χ2n) is 30.4. The summed E-state index contributed by atoms with van der Waals surface area (Å²) in [6.45, 7) is 18.9. The number of aryl methyl sites for hydroxylation is 2. The Bertz CT molecular complexity index is 5190. The van der Waals surface area contributed by atoms with Crippen molar-refractivity contribution in [2.24, 2.45) is 0 Å². The molecule has 3 aliphatic carbocycles. The Morgan fingerprint density at radius 2 is 0.677 bits per heavy atom. The van der Waals surface area contributed by atoms with Gasteiger partial charge in [-0.3, -0.25) is 0 Å². The standard InChI is InChI=1S/C97H94N2/c1-9-11-13-15-17-24-54-97(55-25-18-16-14-12-10-2)91-57-66(4)37-48-83(91)84-50-41-74(62-92(84)97)73-40-49-80-82-52-46-78(64-90(82)96(7,8)88(80)61-73)98(77-45-51-81-79-47-36-65(3)56-87(79)95(5,6)89(81)63-77)75-43-38-68(39-44-75)72-42-53-94-86(60-72)85-34-22-23-35-93(85)99(94)76-33-27-32-71(59-76)70-31-26-30-69(58-70)67-28-20-19-21-29-67/h19-23,26-53,56-64H,9-18,24-25,54-55H2,1-8H3. The maximum atomic E-state index is 2.65. The molecule has 2 heteroatoms. The Balaban J connectivity index is 0.745. The number of anilines is 3. The molecule has 3 aliphatic rings. The van der Waals surface area contributed by atoms with Gasteiger partial charge in [0.25, 0.3) is 0 Å². The molecule has 0 atom stereocenters. The van der Waals surface area contributed by atoms with E-state index in [1.807, 2.05) is 0 Å². The average Bonchev–Trinajstić information content (AvgIpc) is 1.60. The number of nitrogens with zero attached hydrogens (tertiary/aromatic N) is 2. The molecule has 0 radical (unpaired) electrons. The van der Waals surface area contributed by atoms with Crippen molar-refractivity contribution in [1.29, 1.82) is 0 Å². The van der Waals surface area contributed by atoms with Gasteiger partial charge in [-0.2, -0.15) is 0 Å². The third kappa shape index (κ3) is 11.4. The van der Waals surface area contributed by atoms with Crippen molar-refractivity contribution >= 4 is 38.9 Å². The SMILES string of the molecule is CCCCCCCCC1(CCCCCCCC)c2cc(C)ccc2-c2ccc(-c3ccc4c(c3)C(C)(C)c3cc(N(c5ccc(-c6ccc7c(c6)c6ccccc6n7-c6cccc(-c7cccc(-c8ccccc8)c7)c6)cc5)c5ccc6c(c5)C(C)(C)c5cc(C)ccc5-6)ccc3-4)cc21. The molecular formula is C97H94N2. The van der Waals surface area contributed by atoms with Crippen molar-refractivity contribution < 1.29 is 0 Å². The third-order valence-electron chi connectivity index (χ3n) is 23.3. The van der Waals surface area contributed by atoms with Crippen LogP contribution in [0.15, 0.2) is 255 Å². The molecule has 1 aromatic heterocycles. The van der Waals surface area contributed by atoms with Crippen LogP contribution in [0.25, 0.3) is 105 Å². The normalized spacial score (nSPS) is 14.1. The van der Waals surface area contributed by atoms with Gasteiger partial charge in [0, 0.05) is 49.8 Å². The highest BCUT2D eigenvalue weighted by atomic mass is 15.1. The van der Waals surface area contributed by atoms with Crippen molar-refractivity contribution in [3.05, 3.63) is 299 Å². The fraction of sp³-hybridized carbons (Fsp3) is 0.258. The van der Waals surface area contributed by atoms with Crippen LogP contribution in [0, 0.1) is 13.8 Å². The highest BCUT2D eigenvalue weighted by molar-refractivity contribution is 6.10. The van der Waals surface area contributed by atoms with Crippen LogP contribution in [-0.4, -0.2) is 4.57 Å². The Kier molecular flexibility index (Phi) is 16.9. The van der Waals surface area contributed by atoms with Gasteiger partial charge < -0.3 is 9.47 Å². The summed E-state index contributed by atoms with van der Waals surface area (Å²) in [5.74, 6) is 0. The average molecular weight is 1290 g/mol. The molecule has 0 spiro atoms. The lowest BCUT2D eigenvalue weighted by atomic mass is 9.70. The molecule has 0 saturated heterocycles. The molecule has 13 aromatic rings. The maximum absolute atomic E-state index is 2.65. The summed E-state index contributed by atoms with van der Waals surface area (Å²) < 4.78 is 2.44. The van der Waals surface area contributed by atoms with Crippen LogP contribution in [-0.2, 0) is 16.2 Å². The van der Waals surface area contributed by atoms with E-state index in [0.717, 1.165) is 22.7 Å². The van der Waals surface area contributed by atoms with Gasteiger partial charge in [0.2, 0.25) is 0 Å². The Labute approximate surface area is 589 Å². The number of rotatable bonds is 22. The minimum atomic E-state index is -0.255. The number of benzene rings is 12. The Hall–Kier alpha value is -9.76. The van der Waals surface area contributed by atoms with Crippen LogP contribution in [0.2, 0.25) is 0 Å². The Morgan fingerprint density at radius 3 is 1.29 bits per heavy atom. The molecule has 492 valence electrons. The fourth-order valence-corrected chi connectivity index (χ4v) is 17.9. The van der Waals surface area contributed by atoms with Crippen LogP contribution >= 0.6 is 0 Å². The van der Waals surface area contributed by atoms with Gasteiger partial charge in [-0.05, 0) is 223 Å². The molecule has 0 fully saturated rings. The van der Waals surface area contributed by atoms with Crippen LogP contribution < -0.4 is 4.90 Å². The van der Waals surface area contributed by atoms with E-state index in [2.05, 4.69) is 320 Å². The minimum Gasteiger partial charge on any atom is -0.310 e. The minimum absolute atomic E-state index is 0.0265. The van der Waals surface area contributed by atoms with E-state index < -0.39 is 0 Å². The van der Waals surface area contributed by atoms with Gasteiger partial charge in [-0.25, -0.2) is 0 Å². The smallest absolute Gasteiger partial charge is 0.0541 e. The number of para-hydroxylation sites is 1. The number of hydrogen-bond donors (Lipinski definition) is 0. The van der Waals surface area contributed by atoms with Crippen LogP contribution in [0.3, 0.4) is 0 Å². The van der Waals surface area contributed by atoms with E-state index >= 15 is 0 Å². The first-order chi connectivity index (χ1) is 48.3. The van der Waals surface area contributed by atoms with Crippen molar-refractivity contribution in [2.45, 2.75) is 162 Å². The lowest BCUT2D eigenvalue weighted by Gasteiger charge is -2.33. The van der Waals surface area contributed by atoms with Crippen LogP contribution in [0.4, 0.5) is 17.1 Å². The van der Waals surface area contributed by atoms with Crippen molar-refractivity contribution in [3.63, 3.8) is 0 Å². The molecule has 0 aliphatic heterocycles. The molecule has 0 bridgehead atoms. The zero-order chi connectivity index (χ0) is 67.6. The second-order valence-corrected chi connectivity index (χ2v) is 30.4. The molecule has 12 aromatic carbocycles. The molecule has 16 rings (SSSR count). The van der Waals surface area contributed by atoms with E-state index in [4.69, 9.17) is 0 Å². The third-order valence-corrected chi connectivity index (χ3v) is 23.3. The van der Waals surface area contributed by atoms with Crippen molar-refractivity contribution in [3.8, 4) is 83.6 Å². The molecule has 0 amide bonds. The van der Waals surface area contributed by atoms with Gasteiger partial charge in [0.15, 0.2) is 0 Å². The number of aromatic nitrogens is 1. The Morgan fingerprint density at radius 1 is 0.283 bits per heavy atom. The second kappa shape index (κ2) is 26.2. The van der Waals surface area contributed by atoms with Gasteiger partial charge in [0.1, 0.15) is 0 Å². The summed E-state index contributed by atoms with van der Waals surface area (Å²) in [6.07, 6.45) is 18.3. The molecule has 0 unspecified atom stereocenters.